The van der Waals surface area contributed by atoms with Gasteiger partial charge in [0, 0.05) is 19.3 Å². The lowest BCUT2D eigenvalue weighted by molar-refractivity contribution is -0.167. The molecule has 0 aromatic carbocycles. The van der Waals surface area contributed by atoms with E-state index in [1.165, 1.54) is 167 Å². The zero-order chi connectivity index (χ0) is 47.2. The molecular weight excluding hydrogens is 805 g/mol. The van der Waals surface area contributed by atoms with Gasteiger partial charge in [0.2, 0.25) is 0 Å². The number of ether oxygens (including phenoxy) is 3. The standard InChI is InChI=1S/C59H106O6/c1-4-7-10-13-16-19-21-23-25-27-28-29-30-32-33-35-37-40-43-46-49-52-58(61)64-55-56(54-63-57(60)51-48-45-42-39-18-15-12-9-6-3)65-59(62)53-50-47-44-41-38-36-34-31-26-24-22-20-17-14-11-8-5-2/h8,11,17,20,24,26-28,56H,4-7,9-10,12-16,18-19,21-23,25,29-55H2,1-3H3/b11-8-,20-17-,26-24-,28-27-. The van der Waals surface area contributed by atoms with Gasteiger partial charge in [0.15, 0.2) is 6.10 Å². The fraction of sp³-hybridized carbons (Fsp3) is 0.814. The van der Waals surface area contributed by atoms with Crippen molar-refractivity contribution >= 4 is 17.9 Å². The molecule has 65 heavy (non-hydrogen) atoms. The molecule has 0 aliphatic carbocycles. The lowest BCUT2D eigenvalue weighted by atomic mass is 10.1. The maximum atomic E-state index is 12.8. The molecule has 0 N–H and O–H groups in total. The molecule has 0 bridgehead atoms. The summed E-state index contributed by atoms with van der Waals surface area (Å²) in [5, 5.41) is 0. The third-order valence-electron chi connectivity index (χ3n) is 12.3. The number of hydrogen-bond donors (Lipinski definition) is 0. The Balaban J connectivity index is 4.26. The van der Waals surface area contributed by atoms with E-state index in [0.29, 0.717) is 19.3 Å². The molecule has 6 nitrogen and oxygen atoms in total. The Bertz CT molecular complexity index is 1140. The highest BCUT2D eigenvalue weighted by atomic mass is 16.6. The molecule has 0 amide bonds. The van der Waals surface area contributed by atoms with Crippen LogP contribution >= 0.6 is 0 Å². The fourth-order valence-corrected chi connectivity index (χ4v) is 8.10. The predicted octanol–water partition coefficient (Wildman–Crippen LogP) is 18.7. The van der Waals surface area contributed by atoms with Crippen LogP contribution in [0, 0.1) is 0 Å². The summed E-state index contributed by atoms with van der Waals surface area (Å²) >= 11 is 0. The van der Waals surface area contributed by atoms with E-state index < -0.39 is 6.10 Å². The molecule has 1 atom stereocenters. The lowest BCUT2D eigenvalue weighted by Gasteiger charge is -2.18. The summed E-state index contributed by atoms with van der Waals surface area (Å²) in [5.41, 5.74) is 0. The summed E-state index contributed by atoms with van der Waals surface area (Å²) in [7, 11) is 0. The summed E-state index contributed by atoms with van der Waals surface area (Å²) in [5.74, 6) is -0.879. The molecule has 6 heteroatoms. The van der Waals surface area contributed by atoms with E-state index in [1.807, 2.05) is 0 Å². The number of carbonyl (C=O) groups is 3. The van der Waals surface area contributed by atoms with E-state index in [-0.39, 0.29) is 31.1 Å². The van der Waals surface area contributed by atoms with E-state index in [1.54, 1.807) is 0 Å². The van der Waals surface area contributed by atoms with Crippen LogP contribution < -0.4 is 0 Å². The molecule has 0 aromatic heterocycles. The second kappa shape index (κ2) is 54.0. The quantitative estimate of drug-likeness (QED) is 0.0262. The minimum Gasteiger partial charge on any atom is -0.462 e. The van der Waals surface area contributed by atoms with Crippen molar-refractivity contribution in [1.82, 2.24) is 0 Å². The van der Waals surface area contributed by atoms with E-state index in [2.05, 4.69) is 69.4 Å². The first-order valence-corrected chi connectivity index (χ1v) is 28.1. The maximum absolute atomic E-state index is 12.8. The average molecular weight is 911 g/mol. The van der Waals surface area contributed by atoms with E-state index >= 15 is 0 Å². The van der Waals surface area contributed by atoms with Gasteiger partial charge in [-0.15, -0.1) is 0 Å². The molecule has 0 saturated carbocycles. The normalized spacial score (nSPS) is 12.4. The maximum Gasteiger partial charge on any atom is 0.306 e. The monoisotopic (exact) mass is 911 g/mol. The Morgan fingerprint density at radius 1 is 0.323 bits per heavy atom. The van der Waals surface area contributed by atoms with Crippen LogP contribution in [0.2, 0.25) is 0 Å². The first-order chi connectivity index (χ1) is 32.0. The minimum atomic E-state index is -0.776. The van der Waals surface area contributed by atoms with Gasteiger partial charge in [-0.25, -0.2) is 0 Å². The van der Waals surface area contributed by atoms with Gasteiger partial charge >= 0.3 is 17.9 Å². The van der Waals surface area contributed by atoms with Crippen LogP contribution in [-0.2, 0) is 28.6 Å². The minimum absolute atomic E-state index is 0.0755. The van der Waals surface area contributed by atoms with Crippen molar-refractivity contribution in [2.45, 2.75) is 297 Å². The average Bonchev–Trinajstić information content (AvgIpc) is 3.30. The van der Waals surface area contributed by atoms with Gasteiger partial charge in [-0.2, -0.15) is 0 Å². The summed E-state index contributed by atoms with van der Waals surface area (Å²) in [6.45, 7) is 6.53. The third kappa shape index (κ3) is 52.2. The third-order valence-corrected chi connectivity index (χ3v) is 12.3. The lowest BCUT2D eigenvalue weighted by Crippen LogP contribution is -2.30. The zero-order valence-corrected chi connectivity index (χ0v) is 43.3. The number of hydrogen-bond acceptors (Lipinski definition) is 6. The number of allylic oxidation sites excluding steroid dienone is 8. The second-order valence-corrected chi connectivity index (χ2v) is 18.8. The summed E-state index contributed by atoms with van der Waals surface area (Å²) in [4.78, 5) is 38.0. The van der Waals surface area contributed by atoms with Crippen molar-refractivity contribution in [2.24, 2.45) is 0 Å². The van der Waals surface area contributed by atoms with Gasteiger partial charge in [-0.1, -0.05) is 243 Å². The number of esters is 3. The van der Waals surface area contributed by atoms with Crippen molar-refractivity contribution in [1.29, 1.82) is 0 Å². The van der Waals surface area contributed by atoms with Gasteiger partial charge in [0.05, 0.1) is 0 Å². The Labute approximate surface area is 403 Å². The van der Waals surface area contributed by atoms with E-state index in [0.717, 1.165) is 83.5 Å². The first kappa shape index (κ1) is 62.4. The molecule has 1 unspecified atom stereocenters. The van der Waals surface area contributed by atoms with Gasteiger partial charge in [-0.3, -0.25) is 14.4 Å². The predicted molar refractivity (Wildman–Crippen MR) is 279 cm³/mol. The highest BCUT2D eigenvalue weighted by Crippen LogP contribution is 2.16. The molecule has 378 valence electrons. The number of carbonyl (C=O) groups excluding carboxylic acids is 3. The molecule has 0 aliphatic rings. The summed E-state index contributed by atoms with van der Waals surface area (Å²) < 4.78 is 16.8. The van der Waals surface area contributed by atoms with Crippen LogP contribution in [0.4, 0.5) is 0 Å². The molecule has 0 saturated heterocycles. The highest BCUT2D eigenvalue weighted by molar-refractivity contribution is 5.71. The van der Waals surface area contributed by atoms with Gasteiger partial charge < -0.3 is 14.2 Å². The molecule has 0 radical (unpaired) electrons. The van der Waals surface area contributed by atoms with E-state index in [9.17, 15) is 14.4 Å². The van der Waals surface area contributed by atoms with Crippen LogP contribution in [-0.4, -0.2) is 37.2 Å². The van der Waals surface area contributed by atoms with Crippen LogP contribution in [0.25, 0.3) is 0 Å². The van der Waals surface area contributed by atoms with Crippen molar-refractivity contribution in [3.05, 3.63) is 48.6 Å². The van der Waals surface area contributed by atoms with Gasteiger partial charge in [0.25, 0.3) is 0 Å². The smallest absolute Gasteiger partial charge is 0.306 e. The number of rotatable bonds is 51. The van der Waals surface area contributed by atoms with Crippen LogP contribution in [0.5, 0.6) is 0 Å². The molecule has 0 fully saturated rings. The summed E-state index contributed by atoms with van der Waals surface area (Å²) in [6.07, 6.45) is 65.4. The van der Waals surface area contributed by atoms with Crippen molar-refractivity contribution in [3.8, 4) is 0 Å². The van der Waals surface area contributed by atoms with Crippen LogP contribution in [0.3, 0.4) is 0 Å². The molecular formula is C59H106O6. The fourth-order valence-electron chi connectivity index (χ4n) is 8.10. The Hall–Kier alpha value is -2.63. The van der Waals surface area contributed by atoms with Crippen molar-refractivity contribution in [3.63, 3.8) is 0 Å². The molecule has 0 spiro atoms. The molecule has 0 aromatic rings. The first-order valence-electron chi connectivity index (χ1n) is 28.1. The Morgan fingerprint density at radius 2 is 0.600 bits per heavy atom. The number of unbranched alkanes of at least 4 members (excludes halogenated alkanes) is 32. The van der Waals surface area contributed by atoms with Gasteiger partial charge in [0.1, 0.15) is 13.2 Å². The van der Waals surface area contributed by atoms with Crippen LogP contribution in [0.1, 0.15) is 290 Å². The van der Waals surface area contributed by atoms with Crippen molar-refractivity contribution < 1.29 is 28.6 Å². The van der Waals surface area contributed by atoms with Crippen molar-refractivity contribution in [2.75, 3.05) is 13.2 Å². The Morgan fingerprint density at radius 3 is 0.954 bits per heavy atom. The second-order valence-electron chi connectivity index (χ2n) is 18.8. The van der Waals surface area contributed by atoms with Gasteiger partial charge in [-0.05, 0) is 77.0 Å². The molecule has 0 aliphatic heterocycles. The Kier molecular flexibility index (Phi) is 51.8. The highest BCUT2D eigenvalue weighted by Gasteiger charge is 2.19. The molecule has 0 rings (SSSR count). The van der Waals surface area contributed by atoms with Crippen LogP contribution in [0.15, 0.2) is 48.6 Å². The topological polar surface area (TPSA) is 78.9 Å². The summed E-state index contributed by atoms with van der Waals surface area (Å²) in [6, 6.07) is 0. The van der Waals surface area contributed by atoms with E-state index in [4.69, 9.17) is 14.2 Å². The zero-order valence-electron chi connectivity index (χ0n) is 43.3. The molecule has 0 heterocycles. The largest absolute Gasteiger partial charge is 0.462 e. The SMILES string of the molecule is CC/C=C\C/C=C\C/C=C\CCCCCCCCCC(=O)OC(COC(=O)CCCCCCCCCCC)COC(=O)CCCCCCCCCCC/C=C\CCCCCCCCCC.